The van der Waals surface area contributed by atoms with E-state index in [1.54, 1.807) is 0 Å². The van der Waals surface area contributed by atoms with E-state index in [2.05, 4.69) is 55.4 Å². The minimum Gasteiger partial charge on any atom is -0.505 e. The van der Waals surface area contributed by atoms with Crippen LogP contribution in [0, 0.1) is 10.1 Å². The number of aromatic hydroxyl groups is 3. The van der Waals surface area contributed by atoms with Crippen LogP contribution in [0.1, 0.15) is 31.2 Å². The predicted octanol–water partition coefficient (Wildman–Crippen LogP) is 8.20. The second kappa shape index (κ2) is 24.4. The van der Waals surface area contributed by atoms with Gasteiger partial charge in [-0.3, -0.25) is 32.9 Å². The van der Waals surface area contributed by atoms with Crippen LogP contribution >= 0.6 is 12.0 Å². The molecule has 0 aliphatic rings. The maximum atomic E-state index is 13.2. The Labute approximate surface area is 506 Å². The zero-order valence-electron chi connectivity index (χ0n) is 43.3. The zero-order valence-corrected chi connectivity index (χ0v) is 48.2. The van der Waals surface area contributed by atoms with Crippen LogP contribution in [-0.4, -0.2) is 133 Å². The molecule has 0 atom stereocenters. The van der Waals surface area contributed by atoms with E-state index in [9.17, 15) is 120 Å². The number of carboxylic acids is 3. The molecule has 1 heterocycles. The number of carbonyl (C=O) groups is 3. The molecule has 0 aliphatic carbocycles. The largest absolute Gasteiger partial charge is 0.505 e. The van der Waals surface area contributed by atoms with Crippen molar-refractivity contribution in [3.63, 3.8) is 0 Å². The third-order valence-corrected chi connectivity index (χ3v) is 16.9. The number of phenolic OH excluding ortho intramolecular Hbond substituents is 2. The molecule has 91 heavy (non-hydrogen) atoms. The molecule has 1 aromatic heterocycles. The number of nitro groups is 1. The molecule has 0 unspecified atom stereocenters. The maximum absolute atomic E-state index is 13.2. The molecule has 0 aliphatic heterocycles. The van der Waals surface area contributed by atoms with Crippen LogP contribution in [0.25, 0.3) is 27.2 Å². The number of hydrogen-bond acceptors (Lipinski definition) is 32. The van der Waals surface area contributed by atoms with E-state index in [-0.39, 0.29) is 18.1 Å². The summed E-state index contributed by atoms with van der Waals surface area (Å²) >= 11 is -0.0600. The zero-order chi connectivity index (χ0) is 67.4. The number of hydrogen-bond donors (Lipinski definition) is 13. The molecule has 474 valence electrons. The number of azo groups is 4. The summed E-state index contributed by atoms with van der Waals surface area (Å²) in [7, 11) is -27.8. The third kappa shape index (κ3) is 13.7. The van der Waals surface area contributed by atoms with Crippen molar-refractivity contribution < 1.29 is 129 Å². The number of fused-ring (bicyclic) bond motifs is 2. The molecule has 41 nitrogen and oxygen atoms in total. The molecular formula is C44H28N12O29S6. The number of aromatic nitrogens is 2. The lowest BCUT2D eigenvalue weighted by Crippen LogP contribution is -2.07. The number of nitrogens with zero attached hydrogens (tertiary/aromatic N) is 11. The molecule has 0 spiro atoms. The fourth-order valence-electron chi connectivity index (χ4n) is 8.02. The van der Waals surface area contributed by atoms with E-state index in [1.807, 2.05) is 0 Å². The number of nitrogens with two attached hydrogens (primary N) is 1. The van der Waals surface area contributed by atoms with Crippen molar-refractivity contribution in [2.24, 2.45) is 40.9 Å². The van der Waals surface area contributed by atoms with Crippen molar-refractivity contribution in [1.82, 2.24) is 9.78 Å². The van der Waals surface area contributed by atoms with Crippen LogP contribution in [-0.2, 0) is 60.0 Å². The van der Waals surface area contributed by atoms with Gasteiger partial charge in [0.2, 0.25) is 11.6 Å². The van der Waals surface area contributed by atoms with Gasteiger partial charge in [0.05, 0.1) is 55.4 Å². The van der Waals surface area contributed by atoms with Crippen LogP contribution in [0.3, 0.4) is 0 Å². The van der Waals surface area contributed by atoms with Gasteiger partial charge in [-0.25, -0.2) is 19.6 Å². The Kier molecular flexibility index (Phi) is 17.8. The van der Waals surface area contributed by atoms with E-state index in [0.29, 0.717) is 41.1 Å². The van der Waals surface area contributed by atoms with Gasteiger partial charge >= 0.3 is 17.9 Å². The summed E-state index contributed by atoms with van der Waals surface area (Å²) in [6.45, 7) is 0. The fourth-order valence-corrected chi connectivity index (χ4v) is 12.0. The normalized spacial score (nSPS) is 12.8. The van der Waals surface area contributed by atoms with Gasteiger partial charge in [0.1, 0.15) is 58.6 Å². The number of aromatic carboxylic acids is 3. The molecule has 0 fully saturated rings. The van der Waals surface area contributed by atoms with Gasteiger partial charge < -0.3 is 36.4 Å². The monoisotopic (exact) mass is 1380 g/mol. The van der Waals surface area contributed by atoms with Crippen LogP contribution in [0.4, 0.5) is 56.9 Å². The van der Waals surface area contributed by atoms with Crippen LogP contribution < -0.4 is 5.73 Å². The molecule has 0 saturated heterocycles. The van der Waals surface area contributed by atoms with E-state index in [1.165, 1.54) is 0 Å². The molecule has 7 aromatic carbocycles. The minimum atomic E-state index is -5.77. The molecule has 8 aromatic rings. The second-order valence-electron chi connectivity index (χ2n) is 17.5. The number of benzene rings is 7. The van der Waals surface area contributed by atoms with Crippen LogP contribution in [0.15, 0.2) is 155 Å². The van der Waals surface area contributed by atoms with Crippen LogP contribution in [0.5, 0.6) is 17.4 Å². The summed E-state index contributed by atoms with van der Waals surface area (Å²) < 4.78 is 183. The number of rotatable bonds is 21. The Bertz CT molecular complexity index is 5240. The molecule has 0 saturated carbocycles. The van der Waals surface area contributed by atoms with Crippen molar-refractivity contribution in [1.29, 1.82) is 0 Å². The Morgan fingerprint density at radius 1 is 0.538 bits per heavy atom. The summed E-state index contributed by atoms with van der Waals surface area (Å²) in [5, 5.41) is 116. The third-order valence-electron chi connectivity index (χ3n) is 11.8. The standard InChI is InChI=1S/C44H28N12O29S6/c45-33-26(14-28(87(69,70)71)22-12-27(86-85-84-68)34(39(58)32(22)33)51-47-24-5-2-18(56(66)67)11-30(24)89(75,76)77)50-49-25-6-3-20-21(40(25)91(81,82)83)13-31(90(78,79)80)35(38(20)57)52-46-17-1-4-23(29(10-17)88(72,73)74)48-53-36-37(44(64)65)54-55(41(36)59)19-8-15(42(60)61)7-16(9-19)43(62)63/h1-14,57-59,68H,45H2,(H,60,61)(H,62,63)(H,64,65)(H,69,70,71)(H,72,73,74)(H,75,76,77)(H,78,79,80)(H,81,82,83). The first-order chi connectivity index (χ1) is 42.2. The van der Waals surface area contributed by atoms with Crippen LogP contribution in [0.2, 0.25) is 0 Å². The van der Waals surface area contributed by atoms with Crippen molar-refractivity contribution in [2.45, 2.75) is 29.4 Å². The van der Waals surface area contributed by atoms with Gasteiger partial charge in [-0.2, -0.15) is 57.0 Å². The summed E-state index contributed by atoms with van der Waals surface area (Å²) in [6, 6.07) is 8.87. The molecule has 0 radical (unpaired) electrons. The Morgan fingerprint density at radius 3 is 1.60 bits per heavy atom. The SMILES string of the molecule is Nc1c(N=Nc2ccc3c(O)c(N=Nc4ccc(N=Nc5c(C(=O)O)nn(-c6cc(C(=O)O)cc(C(=O)O)c6)c5O)c(S(=O)(=O)O)c4)c(S(=O)(=O)O)cc3c2S(=O)(=O)O)cc(S(=O)(=O)O)c2cc(SOOO)c(N=Nc3ccc([N+](=O)[O-])cc3S(=O)(=O)O)c(O)c12. The Balaban J connectivity index is 1.22. The number of phenols is 2. The minimum absolute atomic E-state index is 0.0600. The molecule has 0 bridgehead atoms. The average molecular weight is 1380 g/mol. The first-order valence-electron chi connectivity index (χ1n) is 23.0. The van der Waals surface area contributed by atoms with E-state index < -0.39 is 221 Å². The summed E-state index contributed by atoms with van der Waals surface area (Å²) in [5.74, 6) is -9.12. The smallest absolute Gasteiger partial charge is 0.358 e. The summed E-state index contributed by atoms with van der Waals surface area (Å²) in [6.07, 6.45) is 0. The summed E-state index contributed by atoms with van der Waals surface area (Å²) in [4.78, 5) is 38.6. The van der Waals surface area contributed by atoms with Gasteiger partial charge in [-0.05, 0) is 72.8 Å². The summed E-state index contributed by atoms with van der Waals surface area (Å²) in [5.41, 5.74) is -5.98. The van der Waals surface area contributed by atoms with Gasteiger partial charge in [-0.1, -0.05) is 5.04 Å². The lowest BCUT2D eigenvalue weighted by molar-refractivity contribution is -0.432. The van der Waals surface area contributed by atoms with Crippen molar-refractivity contribution in [3.05, 3.63) is 112 Å². The van der Waals surface area contributed by atoms with Crippen molar-refractivity contribution >= 4 is 159 Å². The lowest BCUT2D eigenvalue weighted by Gasteiger charge is -2.15. The molecule has 8 rings (SSSR count). The lowest BCUT2D eigenvalue weighted by atomic mass is 10.0. The van der Waals surface area contributed by atoms with Crippen molar-refractivity contribution in [2.75, 3.05) is 5.73 Å². The Hall–Kier alpha value is -10.5. The average Bonchev–Trinajstić information content (AvgIpc) is 1.34. The number of non-ortho nitro benzene ring substituents is 1. The second-order valence-corrected chi connectivity index (χ2v) is 25.1. The van der Waals surface area contributed by atoms with Gasteiger partial charge in [0.15, 0.2) is 17.2 Å². The van der Waals surface area contributed by atoms with Gasteiger partial charge in [0.25, 0.3) is 56.3 Å². The highest BCUT2D eigenvalue weighted by atomic mass is 32.2. The van der Waals surface area contributed by atoms with E-state index in [0.717, 1.165) is 42.5 Å². The molecular weight excluding hydrogens is 1350 g/mol. The quantitative estimate of drug-likeness (QED) is 0.00612. The van der Waals surface area contributed by atoms with Crippen molar-refractivity contribution in [3.8, 4) is 23.1 Å². The highest BCUT2D eigenvalue weighted by Crippen LogP contribution is 2.51. The fraction of sp³-hybridized carbons (Fsp3) is 0. The first-order valence-corrected chi connectivity index (χ1v) is 30.9. The van der Waals surface area contributed by atoms with E-state index in [4.69, 9.17) is 11.0 Å². The van der Waals surface area contributed by atoms with Gasteiger partial charge in [-0.15, -0.1) is 40.1 Å². The highest BCUT2D eigenvalue weighted by molar-refractivity contribution is 7.94. The van der Waals surface area contributed by atoms with Gasteiger partial charge in [0, 0.05) is 28.3 Å². The predicted molar refractivity (Wildman–Crippen MR) is 298 cm³/mol. The first kappa shape index (κ1) is 66.4. The molecule has 14 N–H and O–H groups in total. The molecule has 0 amide bonds. The topological polar surface area (TPSA) is 669 Å². The highest BCUT2D eigenvalue weighted by Gasteiger charge is 2.31. The molecule has 47 heteroatoms. The number of nitro benzene ring substituents is 1. The number of anilines is 1. The number of nitrogen functional groups attached to an aromatic ring is 1. The van der Waals surface area contributed by atoms with E-state index >= 15 is 0 Å². The Morgan fingerprint density at radius 2 is 1.07 bits per heavy atom. The number of carboxylic acid groups (broad SMARTS) is 3. The maximum Gasteiger partial charge on any atom is 0.358 e.